The molecule has 0 saturated carbocycles. The first-order chi connectivity index (χ1) is 15.7. The first-order valence-electron chi connectivity index (χ1n) is 9.64. The molecule has 0 radical (unpaired) electrons. The van der Waals surface area contributed by atoms with E-state index in [1.54, 1.807) is 0 Å². The number of esters is 1. The van der Waals surface area contributed by atoms with Gasteiger partial charge in [0.15, 0.2) is 24.8 Å². The topological polar surface area (TPSA) is 83.5 Å². The molecule has 3 aromatic carbocycles. The van der Waals surface area contributed by atoms with Crippen molar-refractivity contribution < 1.29 is 31.3 Å². The van der Waals surface area contributed by atoms with E-state index in [1.165, 1.54) is 14.7 Å². The lowest BCUT2D eigenvalue weighted by atomic mass is 10.4. The highest BCUT2D eigenvalue weighted by molar-refractivity contribution is 14.1. The molecule has 5 nitrogen and oxygen atoms in total. The molecule has 0 atom stereocenters. The van der Waals surface area contributed by atoms with Crippen molar-refractivity contribution in [3.8, 4) is 0 Å². The maximum atomic E-state index is 12.4. The minimum Gasteiger partial charge on any atom is -0.743 e. The van der Waals surface area contributed by atoms with Crippen LogP contribution in [0.5, 0.6) is 0 Å². The van der Waals surface area contributed by atoms with E-state index >= 15 is 0 Å². The number of rotatable bonds is 8. The lowest BCUT2D eigenvalue weighted by molar-refractivity contribution is -0.161. The normalized spacial score (nSPS) is 11.4. The van der Waals surface area contributed by atoms with E-state index in [4.69, 9.17) is 0 Å². The predicted octanol–water partition coefficient (Wildman–Crippen LogP) is 5.27. The number of carbonyl (C=O) groups is 1. The molecular formula is C23H21F2IO5S2. The van der Waals surface area contributed by atoms with Gasteiger partial charge in [0, 0.05) is 4.43 Å². The Balaban J connectivity index is 0.000000248. The largest absolute Gasteiger partial charge is 0.743 e. The Kier molecular flexibility index (Phi) is 10.7. The molecule has 0 saturated heterocycles. The van der Waals surface area contributed by atoms with Crippen LogP contribution in [0.3, 0.4) is 0 Å². The van der Waals surface area contributed by atoms with Crippen molar-refractivity contribution in [2.24, 2.45) is 0 Å². The molecule has 0 aliphatic rings. The predicted molar refractivity (Wildman–Crippen MR) is 131 cm³/mol. The van der Waals surface area contributed by atoms with Crippen molar-refractivity contribution in [1.82, 2.24) is 0 Å². The molecule has 0 spiro atoms. The molecule has 0 amide bonds. The number of carbonyl (C=O) groups excluding carboxylic acids is 1. The van der Waals surface area contributed by atoms with Crippen molar-refractivity contribution in [1.29, 1.82) is 0 Å². The van der Waals surface area contributed by atoms with Gasteiger partial charge in [-0.2, -0.15) is 8.78 Å². The first kappa shape index (κ1) is 27.2. The van der Waals surface area contributed by atoms with E-state index in [9.17, 15) is 26.5 Å². The summed E-state index contributed by atoms with van der Waals surface area (Å²) in [5, 5.41) is -5.00. The van der Waals surface area contributed by atoms with Crippen LogP contribution in [0.25, 0.3) is 0 Å². The molecule has 0 heterocycles. The lowest BCUT2D eigenvalue weighted by Crippen LogP contribution is -2.39. The van der Waals surface area contributed by atoms with Crippen molar-refractivity contribution in [2.45, 2.75) is 26.4 Å². The summed E-state index contributed by atoms with van der Waals surface area (Å²) in [6, 6.07) is 32.2. The number of alkyl halides is 3. The van der Waals surface area contributed by atoms with Crippen LogP contribution in [0.2, 0.25) is 0 Å². The van der Waals surface area contributed by atoms with Crippen LogP contribution in [0, 0.1) is 0 Å². The second-order valence-corrected chi connectivity index (χ2v) is 10.9. The fourth-order valence-corrected chi connectivity index (χ4v) is 5.16. The van der Waals surface area contributed by atoms with Crippen molar-refractivity contribution in [3.05, 3.63) is 91.0 Å². The Morgan fingerprint density at radius 1 is 0.848 bits per heavy atom. The molecule has 0 N–H and O–H groups in total. The molecule has 176 valence electrons. The van der Waals surface area contributed by atoms with Crippen LogP contribution < -0.4 is 0 Å². The standard InChI is InChI=1S/C18H15S.C5H7F2IO5S/c1-4-10-16(11-5-1)19(17-12-6-2-7-13-17)18-14-8-3-9-15-18;6-5(7,14(10,11)12)4(9)13-3-1-2-8/h1-15H;1-3H2,(H,10,11,12)/q+1;/p-1. The van der Waals surface area contributed by atoms with Crippen LogP contribution in [0.1, 0.15) is 6.42 Å². The van der Waals surface area contributed by atoms with Gasteiger partial charge in [-0.25, -0.2) is 13.2 Å². The summed E-state index contributed by atoms with van der Waals surface area (Å²) >= 11 is 1.91. The van der Waals surface area contributed by atoms with E-state index in [1.807, 2.05) is 22.6 Å². The number of benzene rings is 3. The first-order valence-corrected chi connectivity index (χ1v) is 13.8. The third kappa shape index (κ3) is 8.05. The van der Waals surface area contributed by atoms with Crippen LogP contribution in [0.15, 0.2) is 106 Å². The molecule has 3 aromatic rings. The second-order valence-electron chi connectivity index (χ2n) is 6.39. The Morgan fingerprint density at radius 2 is 1.21 bits per heavy atom. The van der Waals surface area contributed by atoms with Crippen LogP contribution >= 0.6 is 22.6 Å². The number of ether oxygens (including phenoxy) is 1. The van der Waals surface area contributed by atoms with E-state index in [0.717, 1.165) is 0 Å². The lowest BCUT2D eigenvalue weighted by Gasteiger charge is -2.17. The Hall–Kier alpha value is -2.02. The van der Waals surface area contributed by atoms with Gasteiger partial charge in [0.2, 0.25) is 0 Å². The zero-order valence-electron chi connectivity index (χ0n) is 17.3. The van der Waals surface area contributed by atoms with Gasteiger partial charge in [0.05, 0.1) is 17.5 Å². The molecule has 0 aliphatic heterocycles. The molecule has 0 unspecified atom stereocenters. The number of hydrogen-bond donors (Lipinski definition) is 0. The fraction of sp³-hybridized carbons (Fsp3) is 0.174. The quantitative estimate of drug-likeness (QED) is 0.0872. The Morgan fingerprint density at radius 3 is 1.52 bits per heavy atom. The maximum absolute atomic E-state index is 12.4. The third-order valence-electron chi connectivity index (χ3n) is 4.00. The molecule has 3 rings (SSSR count). The van der Waals surface area contributed by atoms with Gasteiger partial charge in [-0.05, 0) is 42.8 Å². The highest BCUT2D eigenvalue weighted by atomic mass is 127. The Labute approximate surface area is 208 Å². The zero-order chi connectivity index (χ0) is 24.3. The summed E-state index contributed by atoms with van der Waals surface area (Å²) in [4.78, 5) is 14.5. The van der Waals surface area contributed by atoms with E-state index in [2.05, 4.69) is 95.7 Å². The molecule has 0 bridgehead atoms. The smallest absolute Gasteiger partial charge is 0.428 e. The van der Waals surface area contributed by atoms with Gasteiger partial charge in [0.25, 0.3) is 0 Å². The Bertz CT molecular complexity index is 1010. The van der Waals surface area contributed by atoms with Crippen LogP contribution in [0.4, 0.5) is 8.78 Å². The summed E-state index contributed by atoms with van der Waals surface area (Å²) in [6.45, 7) is -0.340. The molecule has 10 heteroatoms. The van der Waals surface area contributed by atoms with Gasteiger partial charge >= 0.3 is 11.2 Å². The highest BCUT2D eigenvalue weighted by Gasteiger charge is 2.48. The summed E-state index contributed by atoms with van der Waals surface area (Å²) in [5.41, 5.74) is 0. The summed E-state index contributed by atoms with van der Waals surface area (Å²) in [7, 11) is -6.01. The molecule has 33 heavy (non-hydrogen) atoms. The summed E-state index contributed by atoms with van der Waals surface area (Å²) < 4.78 is 59.0. The van der Waals surface area contributed by atoms with E-state index in [0.29, 0.717) is 10.8 Å². The molecule has 0 aromatic heterocycles. The number of hydrogen-bond acceptors (Lipinski definition) is 5. The van der Waals surface area contributed by atoms with Crippen molar-refractivity contribution in [3.63, 3.8) is 0 Å². The van der Waals surface area contributed by atoms with Crippen LogP contribution in [-0.4, -0.2) is 35.2 Å². The monoisotopic (exact) mass is 606 g/mol. The summed E-state index contributed by atoms with van der Waals surface area (Å²) in [6.07, 6.45) is 0.307. The number of halogens is 3. The average Bonchev–Trinajstić information content (AvgIpc) is 2.81. The summed E-state index contributed by atoms with van der Waals surface area (Å²) in [5.74, 6) is -2.32. The second kappa shape index (κ2) is 13.0. The van der Waals surface area contributed by atoms with Gasteiger partial charge < -0.3 is 9.29 Å². The zero-order valence-corrected chi connectivity index (χ0v) is 21.1. The van der Waals surface area contributed by atoms with Crippen molar-refractivity contribution >= 4 is 49.6 Å². The minimum atomic E-state index is -6.00. The average molecular weight is 606 g/mol. The SMILES string of the molecule is O=C(OCCCI)C(F)(F)S(=O)(=O)[O-].c1ccc([S+](c2ccccc2)c2ccccc2)cc1. The van der Waals surface area contributed by atoms with Crippen LogP contribution in [-0.2, 0) is 30.5 Å². The third-order valence-corrected chi connectivity index (χ3v) is 7.79. The maximum Gasteiger partial charge on any atom is 0.428 e. The van der Waals surface area contributed by atoms with Gasteiger partial charge in [-0.1, -0.05) is 77.2 Å². The van der Waals surface area contributed by atoms with E-state index in [-0.39, 0.29) is 17.5 Å². The molecule has 0 aliphatic carbocycles. The van der Waals surface area contributed by atoms with Gasteiger partial charge in [0.1, 0.15) is 0 Å². The molecule has 0 fully saturated rings. The van der Waals surface area contributed by atoms with Crippen molar-refractivity contribution in [2.75, 3.05) is 11.0 Å². The molecular weight excluding hydrogens is 585 g/mol. The van der Waals surface area contributed by atoms with E-state index < -0.39 is 21.3 Å². The fourth-order valence-electron chi connectivity index (χ4n) is 2.48. The van der Waals surface area contributed by atoms with Gasteiger partial charge in [-0.3, -0.25) is 0 Å². The minimum absolute atomic E-state index is 0.0146. The van der Waals surface area contributed by atoms with Gasteiger partial charge in [-0.15, -0.1) is 0 Å². The highest BCUT2D eigenvalue weighted by Crippen LogP contribution is 2.30.